The van der Waals surface area contributed by atoms with Crippen molar-refractivity contribution in [2.24, 2.45) is 5.16 Å². The summed E-state index contributed by atoms with van der Waals surface area (Å²) in [7, 11) is 0. The van der Waals surface area contributed by atoms with Crippen molar-refractivity contribution in [3.05, 3.63) is 29.2 Å². The van der Waals surface area contributed by atoms with Crippen LogP contribution in [0, 0.1) is 0 Å². The number of tetrazole rings is 1. The van der Waals surface area contributed by atoms with Crippen LogP contribution in [0.1, 0.15) is 39.4 Å². The molecule has 2 aromatic heterocycles. The highest BCUT2D eigenvalue weighted by Gasteiger charge is 2.54. The quantitative estimate of drug-likeness (QED) is 0.0782. The number of thioether (sulfide) groups is 2. The van der Waals surface area contributed by atoms with Gasteiger partial charge >= 0.3 is 12.1 Å². The molecule has 2 aromatic rings. The highest BCUT2D eigenvalue weighted by molar-refractivity contribution is 8.01. The summed E-state index contributed by atoms with van der Waals surface area (Å²) in [6, 6.07) is -1.02. The Hall–Kier alpha value is -4.24. The number of hydrogen-bond donors (Lipinski definition) is 4. The van der Waals surface area contributed by atoms with Crippen LogP contribution in [0.15, 0.2) is 33.7 Å². The van der Waals surface area contributed by atoms with Gasteiger partial charge in [0, 0.05) is 29.6 Å². The summed E-state index contributed by atoms with van der Waals surface area (Å²) in [5, 5.41) is 30.8. The molecule has 246 valence electrons. The summed E-state index contributed by atoms with van der Waals surface area (Å²) < 4.78 is 10.7. The first-order chi connectivity index (χ1) is 21.9. The number of oxime groups is 1. The molecule has 21 heteroatoms. The van der Waals surface area contributed by atoms with Crippen LogP contribution < -0.4 is 16.4 Å². The Morgan fingerprint density at radius 1 is 1.30 bits per heavy atom. The Kier molecular flexibility index (Phi) is 10.1. The standard InChI is InChI=1S/C25H31N11O7S3/c1-25(2,3)42-24(41)27-8-9-35-23(30-33-34-35)45-11-12-10-44-20-15(19(38)36(20)16(12)21(39)40)28-18(37)14(17-29-22(26)46-32-17)31-43-13-6-4-5-7-13/h4,6,13,15,20H,5,7-11H2,1-3H3,(H,27,41)(H,28,37)(H,39,40)(H2,26,29,32)/b31-14+. The van der Waals surface area contributed by atoms with Gasteiger partial charge in [0.05, 0.1) is 6.54 Å². The van der Waals surface area contributed by atoms with Gasteiger partial charge in [-0.25, -0.2) is 14.3 Å². The number of nitrogens with two attached hydrogens (primary N) is 1. The number of rotatable bonds is 12. The van der Waals surface area contributed by atoms with Crippen molar-refractivity contribution in [1.82, 2.24) is 45.1 Å². The minimum Gasteiger partial charge on any atom is -0.477 e. The normalized spacial score (nSPS) is 21.1. The van der Waals surface area contributed by atoms with Crippen molar-refractivity contribution in [3.63, 3.8) is 0 Å². The Bertz CT molecular complexity index is 1600. The molecule has 1 fully saturated rings. The number of carboxylic acids is 1. The minimum absolute atomic E-state index is 0.0460. The molecule has 2 aliphatic heterocycles. The molecule has 0 saturated carbocycles. The number of carbonyl (C=O) groups is 4. The average molecular weight is 694 g/mol. The van der Waals surface area contributed by atoms with Crippen molar-refractivity contribution in [2.45, 2.75) is 68.4 Å². The van der Waals surface area contributed by atoms with Crippen LogP contribution in [0.5, 0.6) is 0 Å². The van der Waals surface area contributed by atoms with Gasteiger partial charge < -0.3 is 31.0 Å². The third-order valence-electron chi connectivity index (χ3n) is 6.52. The fraction of sp³-hybridized carbons (Fsp3) is 0.520. The van der Waals surface area contributed by atoms with Gasteiger partial charge in [-0.15, -0.1) is 16.9 Å². The minimum atomic E-state index is -1.28. The summed E-state index contributed by atoms with van der Waals surface area (Å²) in [5.74, 6) is -2.21. The molecule has 1 aliphatic carbocycles. The van der Waals surface area contributed by atoms with Gasteiger partial charge in [-0.2, -0.15) is 9.36 Å². The van der Waals surface area contributed by atoms with Gasteiger partial charge in [-0.05, 0) is 55.7 Å². The first-order valence-corrected chi connectivity index (χ1v) is 16.8. The van der Waals surface area contributed by atoms with Gasteiger partial charge in [0.1, 0.15) is 28.8 Å². The van der Waals surface area contributed by atoms with Gasteiger partial charge in [0.2, 0.25) is 16.7 Å². The number of hydrogen-bond acceptors (Lipinski definition) is 16. The van der Waals surface area contributed by atoms with Crippen LogP contribution in [0.3, 0.4) is 0 Å². The monoisotopic (exact) mass is 693 g/mol. The number of carboxylic acid groups (broad SMARTS) is 1. The Labute approximate surface area is 274 Å². The smallest absolute Gasteiger partial charge is 0.407 e. The Morgan fingerprint density at radius 2 is 2.11 bits per heavy atom. The second kappa shape index (κ2) is 14.0. The molecule has 4 heterocycles. The van der Waals surface area contributed by atoms with Crippen LogP contribution in [-0.2, 0) is 30.5 Å². The van der Waals surface area contributed by atoms with E-state index in [1.807, 2.05) is 12.2 Å². The van der Waals surface area contributed by atoms with Crippen LogP contribution in [0.25, 0.3) is 0 Å². The number of nitrogens with zero attached hydrogens (tertiary/aromatic N) is 8. The maximum Gasteiger partial charge on any atom is 0.407 e. The van der Waals surface area contributed by atoms with Gasteiger partial charge in [-0.3, -0.25) is 14.5 Å². The van der Waals surface area contributed by atoms with E-state index in [0.717, 1.165) is 18.0 Å². The number of anilines is 1. The molecule has 0 spiro atoms. The molecular weight excluding hydrogens is 663 g/mol. The zero-order chi connectivity index (χ0) is 33.0. The lowest BCUT2D eigenvalue weighted by molar-refractivity contribution is -0.150. The van der Waals surface area contributed by atoms with Crippen molar-refractivity contribution in [1.29, 1.82) is 0 Å². The molecule has 3 amide bonds. The molecule has 46 heavy (non-hydrogen) atoms. The fourth-order valence-corrected chi connectivity index (χ4v) is 7.32. The van der Waals surface area contributed by atoms with E-state index in [1.165, 1.54) is 33.1 Å². The van der Waals surface area contributed by atoms with Crippen LogP contribution in [0.2, 0.25) is 0 Å². The topological polar surface area (TPSA) is 242 Å². The molecule has 18 nitrogen and oxygen atoms in total. The molecule has 3 unspecified atom stereocenters. The summed E-state index contributed by atoms with van der Waals surface area (Å²) in [4.78, 5) is 61.5. The van der Waals surface area contributed by atoms with Gasteiger partial charge in [0.25, 0.3) is 11.8 Å². The number of alkyl carbamates (subject to hydrolysis) is 1. The molecule has 3 aliphatic rings. The third-order valence-corrected chi connectivity index (χ3v) is 9.44. The Balaban J connectivity index is 1.22. The molecule has 0 bridgehead atoms. The number of β-lactam (4-membered cyclic amide) rings is 1. The first-order valence-electron chi connectivity index (χ1n) is 14.0. The number of carbonyl (C=O) groups excluding carboxylic acids is 3. The molecule has 1 saturated heterocycles. The van der Waals surface area contributed by atoms with Gasteiger partial charge in [-0.1, -0.05) is 23.0 Å². The van der Waals surface area contributed by atoms with E-state index in [1.54, 1.807) is 20.8 Å². The van der Waals surface area contributed by atoms with E-state index in [2.05, 4.69) is 40.7 Å². The SMILES string of the molecule is CC(C)(C)OC(=O)NCCn1nnnc1SCC1=C(C(=O)O)N2C(=O)C(NC(=O)/C(=N/OC3C=CCC3)c3nsc(N)n3)C2SC1. The van der Waals surface area contributed by atoms with Crippen LogP contribution in [-0.4, -0.2) is 110 Å². The van der Waals surface area contributed by atoms with E-state index < -0.39 is 40.9 Å². The molecule has 0 radical (unpaired) electrons. The zero-order valence-electron chi connectivity index (χ0n) is 24.9. The summed E-state index contributed by atoms with van der Waals surface area (Å²) >= 11 is 3.38. The summed E-state index contributed by atoms with van der Waals surface area (Å²) in [5.41, 5.74) is 5.15. The van der Waals surface area contributed by atoms with E-state index in [4.69, 9.17) is 15.3 Å². The van der Waals surface area contributed by atoms with Crippen LogP contribution in [0.4, 0.5) is 9.93 Å². The fourth-order valence-electron chi connectivity index (χ4n) is 4.50. The maximum absolute atomic E-state index is 13.3. The highest BCUT2D eigenvalue weighted by Crippen LogP contribution is 2.41. The number of allylic oxidation sites excluding steroid dienone is 1. The number of aliphatic carboxylic acids is 1. The lowest BCUT2D eigenvalue weighted by Gasteiger charge is -2.49. The molecular formula is C25H31N11O7S3. The third kappa shape index (κ3) is 7.76. The van der Waals surface area contributed by atoms with Crippen LogP contribution >= 0.6 is 35.1 Å². The van der Waals surface area contributed by atoms with Crippen molar-refractivity contribution in [2.75, 3.05) is 23.8 Å². The Morgan fingerprint density at radius 3 is 2.78 bits per heavy atom. The van der Waals surface area contributed by atoms with E-state index in [0.29, 0.717) is 17.2 Å². The summed E-state index contributed by atoms with van der Waals surface area (Å²) in [6.45, 7) is 5.72. The first kappa shape index (κ1) is 33.1. The zero-order valence-corrected chi connectivity index (χ0v) is 27.4. The second-order valence-electron chi connectivity index (χ2n) is 11.1. The average Bonchev–Trinajstić information content (AvgIpc) is 3.76. The molecule has 3 atom stereocenters. The lowest BCUT2D eigenvalue weighted by Crippen LogP contribution is -2.71. The maximum atomic E-state index is 13.3. The van der Waals surface area contributed by atoms with E-state index in [9.17, 15) is 24.3 Å². The van der Waals surface area contributed by atoms with Crippen molar-refractivity contribution < 1.29 is 33.9 Å². The number of amides is 3. The predicted molar refractivity (Wildman–Crippen MR) is 167 cm³/mol. The number of fused-ring (bicyclic) bond motifs is 1. The summed E-state index contributed by atoms with van der Waals surface area (Å²) in [6.07, 6.45) is 4.40. The molecule has 5 N–H and O–H groups in total. The van der Waals surface area contributed by atoms with E-state index >= 15 is 0 Å². The van der Waals surface area contributed by atoms with Gasteiger partial charge in [0.15, 0.2) is 5.13 Å². The van der Waals surface area contributed by atoms with Crippen molar-refractivity contribution in [3.8, 4) is 0 Å². The predicted octanol–water partition coefficient (Wildman–Crippen LogP) is 0.602. The number of aromatic nitrogens is 6. The largest absolute Gasteiger partial charge is 0.477 e. The lowest BCUT2D eigenvalue weighted by atomic mass is 10.0. The number of nitrogen functional groups attached to an aromatic ring is 1. The molecule has 0 aromatic carbocycles. The number of ether oxygens (including phenoxy) is 1. The van der Waals surface area contributed by atoms with Crippen molar-refractivity contribution >= 4 is 69.8 Å². The second-order valence-corrected chi connectivity index (χ2v) is 13.9. The van der Waals surface area contributed by atoms with E-state index in [-0.39, 0.29) is 53.1 Å². The highest BCUT2D eigenvalue weighted by atomic mass is 32.2. The number of nitrogens with one attached hydrogen (secondary N) is 2. The molecule has 5 rings (SSSR count).